The van der Waals surface area contributed by atoms with Crippen molar-refractivity contribution in [2.45, 2.75) is 19.4 Å². The van der Waals surface area contributed by atoms with Crippen LogP contribution in [0.4, 0.5) is 10.1 Å². The summed E-state index contributed by atoms with van der Waals surface area (Å²) in [5.41, 5.74) is 6.99. The van der Waals surface area contributed by atoms with Crippen molar-refractivity contribution >= 4 is 27.6 Å². The topological polar surface area (TPSA) is 136 Å². The number of amidine groups is 1. The van der Waals surface area contributed by atoms with Crippen molar-refractivity contribution < 1.29 is 22.3 Å². The summed E-state index contributed by atoms with van der Waals surface area (Å²) in [6, 6.07) is 13.9. The molecular formula is C23H22FN5O4S. The number of nitrogens with one attached hydrogen (secondary N) is 2. The number of carbonyl (C=O) groups is 1. The minimum absolute atomic E-state index is 0.0526. The third-order valence-electron chi connectivity index (χ3n) is 4.92. The molecule has 11 heteroatoms. The molecule has 0 spiro atoms. The third-order valence-corrected chi connectivity index (χ3v) is 5.84. The first-order chi connectivity index (χ1) is 16.0. The van der Waals surface area contributed by atoms with Gasteiger partial charge in [0.25, 0.3) is 5.91 Å². The molecule has 0 unspecified atom stereocenters. The Kier molecular flexibility index (Phi) is 5.96. The van der Waals surface area contributed by atoms with E-state index < -0.39 is 21.6 Å². The van der Waals surface area contributed by atoms with Gasteiger partial charge in [-0.25, -0.2) is 4.39 Å². The number of carbonyl (C=O) groups excluding carboxylic acids is 1. The van der Waals surface area contributed by atoms with Gasteiger partial charge in [0, 0.05) is 17.3 Å². The van der Waals surface area contributed by atoms with Gasteiger partial charge in [0.2, 0.25) is 0 Å². The molecule has 0 saturated heterocycles. The number of halogens is 1. The van der Waals surface area contributed by atoms with Gasteiger partial charge in [-0.15, -0.1) is 4.40 Å². The predicted molar refractivity (Wildman–Crippen MR) is 126 cm³/mol. The summed E-state index contributed by atoms with van der Waals surface area (Å²) in [6.07, 6.45) is 1.48. The SMILES string of the molecule is CC(C)(COc1cccc2c1C(N)=NS(=O)(=O)N2)NC(=O)c1ccnc(-c2cccc(F)c2)c1. The van der Waals surface area contributed by atoms with Crippen LogP contribution in [-0.4, -0.2) is 37.3 Å². The van der Waals surface area contributed by atoms with E-state index in [4.69, 9.17) is 10.5 Å². The molecule has 9 nitrogen and oxygen atoms in total. The van der Waals surface area contributed by atoms with Gasteiger partial charge in [0.05, 0.1) is 22.5 Å². The zero-order valence-electron chi connectivity index (χ0n) is 18.4. The maximum Gasteiger partial charge on any atom is 0.344 e. The molecule has 2 heterocycles. The Balaban J connectivity index is 1.48. The standard InChI is InChI=1S/C23H22FN5O4S/c1-23(2,13-33-19-8-4-7-17-20(19)21(25)29-34(31,32)28-17)27-22(30)15-9-10-26-18(12-15)14-5-3-6-16(24)11-14/h3-12,28H,13H2,1-2H3,(H2,25,29)(H,27,30). The van der Waals surface area contributed by atoms with Crippen molar-refractivity contribution in [1.29, 1.82) is 0 Å². The number of aromatic nitrogens is 1. The van der Waals surface area contributed by atoms with Crippen LogP contribution < -0.4 is 20.5 Å². The largest absolute Gasteiger partial charge is 0.490 e. The molecule has 1 aliphatic heterocycles. The molecule has 0 saturated carbocycles. The highest BCUT2D eigenvalue weighted by molar-refractivity contribution is 7.91. The molecule has 1 amide bonds. The zero-order chi connectivity index (χ0) is 24.5. The molecule has 0 bridgehead atoms. The van der Waals surface area contributed by atoms with E-state index in [9.17, 15) is 17.6 Å². The van der Waals surface area contributed by atoms with E-state index in [0.717, 1.165) is 0 Å². The Labute approximate surface area is 196 Å². The molecule has 3 aromatic rings. The lowest BCUT2D eigenvalue weighted by Crippen LogP contribution is -2.48. The Morgan fingerprint density at radius 2 is 1.94 bits per heavy atom. The van der Waals surface area contributed by atoms with Gasteiger partial charge < -0.3 is 15.8 Å². The average Bonchev–Trinajstić information content (AvgIpc) is 2.76. The van der Waals surface area contributed by atoms with Gasteiger partial charge in [0.15, 0.2) is 5.84 Å². The van der Waals surface area contributed by atoms with E-state index in [-0.39, 0.29) is 24.0 Å². The van der Waals surface area contributed by atoms with Gasteiger partial charge in [-0.05, 0) is 50.2 Å². The molecule has 4 N–H and O–H groups in total. The fraction of sp³-hybridized carbons (Fsp3) is 0.174. The zero-order valence-corrected chi connectivity index (χ0v) is 19.2. The van der Waals surface area contributed by atoms with Gasteiger partial charge in [-0.2, -0.15) is 8.42 Å². The molecule has 2 aromatic carbocycles. The van der Waals surface area contributed by atoms with Crippen molar-refractivity contribution in [2.24, 2.45) is 10.1 Å². The van der Waals surface area contributed by atoms with Crippen LogP contribution in [0, 0.1) is 5.82 Å². The van der Waals surface area contributed by atoms with Crippen LogP contribution in [0.5, 0.6) is 5.75 Å². The second-order valence-electron chi connectivity index (χ2n) is 8.30. The second-order valence-corrected chi connectivity index (χ2v) is 9.64. The monoisotopic (exact) mass is 483 g/mol. The lowest BCUT2D eigenvalue weighted by Gasteiger charge is -2.27. The van der Waals surface area contributed by atoms with Crippen LogP contribution in [0.25, 0.3) is 11.3 Å². The molecule has 0 fully saturated rings. The molecule has 0 radical (unpaired) electrons. The maximum atomic E-state index is 13.6. The van der Waals surface area contributed by atoms with Crippen LogP contribution in [0.1, 0.15) is 29.8 Å². The van der Waals surface area contributed by atoms with Gasteiger partial charge in [0.1, 0.15) is 18.2 Å². The van der Waals surface area contributed by atoms with Crippen LogP contribution in [0.3, 0.4) is 0 Å². The van der Waals surface area contributed by atoms with E-state index >= 15 is 0 Å². The highest BCUT2D eigenvalue weighted by Crippen LogP contribution is 2.31. The lowest BCUT2D eigenvalue weighted by atomic mass is 10.0. The molecule has 176 valence electrons. The molecule has 4 rings (SSSR count). The Bertz CT molecular complexity index is 1410. The number of ether oxygens (including phenoxy) is 1. The first-order valence-electron chi connectivity index (χ1n) is 10.2. The maximum absolute atomic E-state index is 13.6. The van der Waals surface area contributed by atoms with Gasteiger partial charge >= 0.3 is 10.2 Å². The van der Waals surface area contributed by atoms with E-state index in [1.165, 1.54) is 18.3 Å². The van der Waals surface area contributed by atoms with E-state index in [0.29, 0.717) is 28.1 Å². The number of anilines is 1. The number of hydrogen-bond acceptors (Lipinski definition) is 6. The summed E-state index contributed by atoms with van der Waals surface area (Å²) in [4.78, 5) is 17.1. The second kappa shape index (κ2) is 8.75. The molecule has 0 atom stereocenters. The van der Waals surface area contributed by atoms with E-state index in [1.807, 2.05) is 0 Å². The van der Waals surface area contributed by atoms with Crippen LogP contribution in [0.15, 0.2) is 65.2 Å². The number of amides is 1. The van der Waals surface area contributed by atoms with Gasteiger partial charge in [-0.3, -0.25) is 14.5 Å². The van der Waals surface area contributed by atoms with Crippen LogP contribution in [-0.2, 0) is 10.2 Å². The Morgan fingerprint density at radius 1 is 1.18 bits per heavy atom. The highest BCUT2D eigenvalue weighted by Gasteiger charge is 2.27. The minimum atomic E-state index is -3.90. The number of pyridine rings is 1. The fourth-order valence-corrected chi connectivity index (χ4v) is 4.23. The number of rotatable bonds is 6. The van der Waals surface area contributed by atoms with Crippen molar-refractivity contribution in [3.8, 4) is 17.0 Å². The van der Waals surface area contributed by atoms with Crippen molar-refractivity contribution in [3.63, 3.8) is 0 Å². The lowest BCUT2D eigenvalue weighted by molar-refractivity contribution is 0.0880. The van der Waals surface area contributed by atoms with Crippen LogP contribution in [0.2, 0.25) is 0 Å². The molecule has 34 heavy (non-hydrogen) atoms. The predicted octanol–water partition coefficient (Wildman–Crippen LogP) is 2.85. The molecule has 0 aliphatic carbocycles. The number of fused-ring (bicyclic) bond motifs is 1. The van der Waals surface area contributed by atoms with Gasteiger partial charge in [-0.1, -0.05) is 18.2 Å². The molecular weight excluding hydrogens is 461 g/mol. The number of hydrogen-bond donors (Lipinski definition) is 3. The third kappa shape index (κ3) is 5.15. The van der Waals surface area contributed by atoms with Crippen molar-refractivity contribution in [1.82, 2.24) is 10.3 Å². The van der Waals surface area contributed by atoms with E-state index in [1.54, 1.807) is 56.3 Å². The average molecular weight is 484 g/mol. The Hall–Kier alpha value is -3.99. The minimum Gasteiger partial charge on any atom is -0.490 e. The summed E-state index contributed by atoms with van der Waals surface area (Å²) in [7, 11) is -3.90. The van der Waals surface area contributed by atoms with E-state index in [2.05, 4.69) is 19.4 Å². The summed E-state index contributed by atoms with van der Waals surface area (Å²) in [6.45, 7) is 3.60. The molecule has 1 aliphatic rings. The fourth-order valence-electron chi connectivity index (χ4n) is 3.39. The smallest absolute Gasteiger partial charge is 0.344 e. The number of nitrogens with zero attached hydrogens (tertiary/aromatic N) is 2. The summed E-state index contributed by atoms with van der Waals surface area (Å²) in [5, 5.41) is 2.90. The number of nitrogens with two attached hydrogens (primary N) is 1. The normalized spacial score (nSPS) is 14.4. The van der Waals surface area contributed by atoms with Crippen molar-refractivity contribution in [3.05, 3.63) is 77.7 Å². The number of benzene rings is 2. The highest BCUT2D eigenvalue weighted by atomic mass is 32.2. The quantitative estimate of drug-likeness (QED) is 0.493. The Morgan fingerprint density at radius 3 is 2.71 bits per heavy atom. The molecule has 1 aromatic heterocycles. The van der Waals surface area contributed by atoms with Crippen molar-refractivity contribution in [2.75, 3.05) is 11.3 Å². The first-order valence-corrected chi connectivity index (χ1v) is 11.7. The summed E-state index contributed by atoms with van der Waals surface area (Å²) >= 11 is 0. The summed E-state index contributed by atoms with van der Waals surface area (Å²) in [5.74, 6) is -0.625. The van der Waals surface area contributed by atoms with Crippen LogP contribution >= 0.6 is 0 Å². The first kappa shape index (κ1) is 23.2. The summed E-state index contributed by atoms with van der Waals surface area (Å²) < 4.78 is 48.7.